The molecule has 0 radical (unpaired) electrons. The number of amides is 1. The maximum absolute atomic E-state index is 12.2. The fourth-order valence-corrected chi connectivity index (χ4v) is 2.76. The zero-order valence-electron chi connectivity index (χ0n) is 15.7. The van der Waals surface area contributed by atoms with Gasteiger partial charge in [0.1, 0.15) is 0 Å². The molecule has 0 spiro atoms. The number of methoxy groups -OCH3 is 1. The lowest BCUT2D eigenvalue weighted by Gasteiger charge is -2.26. The Kier molecular flexibility index (Phi) is 6.88. The average molecular weight is 385 g/mol. The first-order valence-electron chi connectivity index (χ1n) is 9.02. The van der Waals surface area contributed by atoms with Crippen molar-refractivity contribution in [1.29, 1.82) is 0 Å². The van der Waals surface area contributed by atoms with Gasteiger partial charge in [0.25, 0.3) is 5.91 Å². The number of nitrogens with zero attached hydrogens (tertiary/aromatic N) is 3. The summed E-state index contributed by atoms with van der Waals surface area (Å²) in [6.07, 6.45) is 2.89. The van der Waals surface area contributed by atoms with Gasteiger partial charge in [-0.15, -0.1) is 0 Å². The van der Waals surface area contributed by atoms with Gasteiger partial charge in [0.2, 0.25) is 5.95 Å². The number of para-hydroxylation sites is 1. The van der Waals surface area contributed by atoms with Crippen LogP contribution in [0.3, 0.4) is 0 Å². The Balaban J connectivity index is 1.54. The Morgan fingerprint density at radius 2 is 1.89 bits per heavy atom. The van der Waals surface area contributed by atoms with E-state index in [1.54, 1.807) is 24.3 Å². The van der Waals surface area contributed by atoms with Gasteiger partial charge in [-0.25, -0.2) is 14.8 Å². The largest absolute Gasteiger partial charge is 0.465 e. The molecule has 1 aliphatic rings. The second-order valence-corrected chi connectivity index (χ2v) is 6.17. The van der Waals surface area contributed by atoms with E-state index in [1.807, 2.05) is 0 Å². The molecule has 2 aromatic rings. The smallest absolute Gasteiger partial charge is 0.339 e. The molecule has 0 bridgehead atoms. The number of hydrogen-bond acceptors (Lipinski definition) is 8. The van der Waals surface area contributed by atoms with Crippen LogP contribution in [-0.2, 0) is 9.47 Å². The lowest BCUT2D eigenvalue weighted by atomic mass is 10.2. The predicted octanol–water partition coefficient (Wildman–Crippen LogP) is 1.07. The molecule has 0 aliphatic carbocycles. The van der Waals surface area contributed by atoms with Gasteiger partial charge in [-0.2, -0.15) is 0 Å². The monoisotopic (exact) mass is 385 g/mol. The standard InChI is InChI=1S/C19H23N5O4/c1-27-18(26)15-4-2-3-5-16(15)23-19-21-12-14(13-22-19)17(25)20-6-7-24-8-10-28-11-9-24/h2-5,12-13H,6-11H2,1H3,(H,20,25)(H,21,22,23). The third-order valence-corrected chi connectivity index (χ3v) is 4.31. The number of anilines is 2. The van der Waals surface area contributed by atoms with Crippen LogP contribution in [0.15, 0.2) is 36.7 Å². The molecule has 0 unspecified atom stereocenters. The van der Waals surface area contributed by atoms with E-state index in [1.165, 1.54) is 19.5 Å². The molecule has 0 saturated carbocycles. The first-order valence-corrected chi connectivity index (χ1v) is 9.02. The highest BCUT2D eigenvalue weighted by molar-refractivity contribution is 5.96. The van der Waals surface area contributed by atoms with Crippen LogP contribution in [-0.4, -0.2) is 73.2 Å². The normalized spacial score (nSPS) is 14.3. The van der Waals surface area contributed by atoms with E-state index in [0.717, 1.165) is 32.8 Å². The molecule has 2 N–H and O–H groups in total. The summed E-state index contributed by atoms with van der Waals surface area (Å²) in [7, 11) is 1.32. The SMILES string of the molecule is COC(=O)c1ccccc1Nc1ncc(C(=O)NCCN2CCOCC2)cn1. The molecule has 3 rings (SSSR count). The number of rotatable bonds is 7. The molecule has 1 amide bonds. The van der Waals surface area contributed by atoms with Crippen molar-refractivity contribution < 1.29 is 19.1 Å². The minimum atomic E-state index is -0.459. The minimum absolute atomic E-state index is 0.227. The highest BCUT2D eigenvalue weighted by Crippen LogP contribution is 2.19. The second-order valence-electron chi connectivity index (χ2n) is 6.17. The summed E-state index contributed by atoms with van der Waals surface area (Å²) in [5.74, 6) is -0.407. The van der Waals surface area contributed by atoms with Gasteiger partial charge in [-0.05, 0) is 12.1 Å². The van der Waals surface area contributed by atoms with Crippen LogP contribution < -0.4 is 10.6 Å². The molecule has 28 heavy (non-hydrogen) atoms. The van der Waals surface area contributed by atoms with Crippen molar-refractivity contribution in [2.75, 3.05) is 51.8 Å². The highest BCUT2D eigenvalue weighted by atomic mass is 16.5. The molecule has 2 heterocycles. The highest BCUT2D eigenvalue weighted by Gasteiger charge is 2.13. The summed E-state index contributed by atoms with van der Waals surface area (Å²) >= 11 is 0. The van der Waals surface area contributed by atoms with E-state index in [-0.39, 0.29) is 11.9 Å². The molecule has 1 aromatic carbocycles. The fraction of sp³-hybridized carbons (Fsp3) is 0.368. The topological polar surface area (TPSA) is 106 Å². The van der Waals surface area contributed by atoms with E-state index >= 15 is 0 Å². The fourth-order valence-electron chi connectivity index (χ4n) is 2.76. The average Bonchev–Trinajstić information content (AvgIpc) is 2.75. The van der Waals surface area contributed by atoms with Crippen LogP contribution in [0.4, 0.5) is 11.6 Å². The summed E-state index contributed by atoms with van der Waals surface area (Å²) in [5, 5.41) is 5.83. The van der Waals surface area contributed by atoms with Gasteiger partial charge in [0, 0.05) is 38.6 Å². The number of esters is 1. The van der Waals surface area contributed by atoms with Crippen LogP contribution >= 0.6 is 0 Å². The molecule has 1 saturated heterocycles. The van der Waals surface area contributed by atoms with Gasteiger partial charge in [-0.1, -0.05) is 12.1 Å². The number of aromatic nitrogens is 2. The Morgan fingerprint density at radius 3 is 2.61 bits per heavy atom. The first-order chi connectivity index (χ1) is 13.7. The molecule has 1 fully saturated rings. The summed E-state index contributed by atoms with van der Waals surface area (Å²) in [6.45, 7) is 4.55. The number of morpholine rings is 1. The Labute approximate surface area is 163 Å². The van der Waals surface area contributed by atoms with Crippen molar-refractivity contribution >= 4 is 23.5 Å². The van der Waals surface area contributed by atoms with E-state index < -0.39 is 5.97 Å². The third-order valence-electron chi connectivity index (χ3n) is 4.31. The zero-order chi connectivity index (χ0) is 19.8. The maximum atomic E-state index is 12.2. The van der Waals surface area contributed by atoms with Crippen LogP contribution in [0.5, 0.6) is 0 Å². The van der Waals surface area contributed by atoms with Crippen molar-refractivity contribution in [3.05, 3.63) is 47.8 Å². The molecule has 0 atom stereocenters. The molecular formula is C19H23N5O4. The predicted molar refractivity (Wildman–Crippen MR) is 103 cm³/mol. The molecule has 1 aromatic heterocycles. The van der Waals surface area contributed by atoms with Gasteiger partial charge in [0.15, 0.2) is 0 Å². The third kappa shape index (κ3) is 5.24. The van der Waals surface area contributed by atoms with Crippen LogP contribution in [0.2, 0.25) is 0 Å². The molecule has 9 heteroatoms. The van der Waals surface area contributed by atoms with Gasteiger partial charge in [0.05, 0.1) is 37.1 Å². The Hall–Kier alpha value is -3.04. The van der Waals surface area contributed by atoms with Crippen molar-refractivity contribution in [1.82, 2.24) is 20.2 Å². The van der Waals surface area contributed by atoms with E-state index in [4.69, 9.17) is 9.47 Å². The summed E-state index contributed by atoms with van der Waals surface area (Å²) in [6, 6.07) is 6.89. The van der Waals surface area contributed by atoms with Gasteiger partial charge in [-0.3, -0.25) is 9.69 Å². The second kappa shape index (κ2) is 9.77. The van der Waals surface area contributed by atoms with Gasteiger partial charge < -0.3 is 20.1 Å². The summed E-state index contributed by atoms with van der Waals surface area (Å²) in [5.41, 5.74) is 1.27. The first kappa shape index (κ1) is 19.7. The number of carbonyl (C=O) groups excluding carboxylic acids is 2. The minimum Gasteiger partial charge on any atom is -0.465 e. The number of hydrogen-bond donors (Lipinski definition) is 2. The van der Waals surface area contributed by atoms with E-state index in [0.29, 0.717) is 23.4 Å². The number of nitrogens with one attached hydrogen (secondary N) is 2. The summed E-state index contributed by atoms with van der Waals surface area (Å²) in [4.78, 5) is 34.6. The Morgan fingerprint density at radius 1 is 1.18 bits per heavy atom. The maximum Gasteiger partial charge on any atom is 0.339 e. The van der Waals surface area contributed by atoms with E-state index in [9.17, 15) is 9.59 Å². The Bertz CT molecular complexity index is 806. The van der Waals surface area contributed by atoms with Gasteiger partial charge >= 0.3 is 5.97 Å². The van der Waals surface area contributed by atoms with Crippen LogP contribution in [0.25, 0.3) is 0 Å². The number of benzene rings is 1. The zero-order valence-corrected chi connectivity index (χ0v) is 15.7. The lowest BCUT2D eigenvalue weighted by Crippen LogP contribution is -2.41. The van der Waals surface area contributed by atoms with E-state index in [2.05, 4.69) is 25.5 Å². The van der Waals surface area contributed by atoms with Crippen molar-refractivity contribution in [3.63, 3.8) is 0 Å². The molecule has 148 valence electrons. The molecular weight excluding hydrogens is 362 g/mol. The van der Waals surface area contributed by atoms with Crippen molar-refractivity contribution in [3.8, 4) is 0 Å². The number of ether oxygens (including phenoxy) is 2. The number of carbonyl (C=O) groups is 2. The molecule has 1 aliphatic heterocycles. The van der Waals surface area contributed by atoms with Crippen molar-refractivity contribution in [2.45, 2.75) is 0 Å². The van der Waals surface area contributed by atoms with Crippen molar-refractivity contribution in [2.24, 2.45) is 0 Å². The lowest BCUT2D eigenvalue weighted by molar-refractivity contribution is 0.0383. The molecule has 9 nitrogen and oxygen atoms in total. The quantitative estimate of drug-likeness (QED) is 0.682. The van der Waals surface area contributed by atoms with Crippen LogP contribution in [0, 0.1) is 0 Å². The van der Waals surface area contributed by atoms with Crippen LogP contribution in [0.1, 0.15) is 20.7 Å². The summed E-state index contributed by atoms with van der Waals surface area (Å²) < 4.78 is 10.1.